The minimum atomic E-state index is -0.327. The number of carbonyl (C=O) groups is 1. The van der Waals surface area contributed by atoms with Gasteiger partial charge in [0.15, 0.2) is 0 Å². The monoisotopic (exact) mass is 259 g/mol. The van der Waals surface area contributed by atoms with Gasteiger partial charge in [-0.1, -0.05) is 0 Å². The summed E-state index contributed by atoms with van der Waals surface area (Å²) in [5.41, 5.74) is 0.608. The minimum absolute atomic E-state index is 0.133. The summed E-state index contributed by atoms with van der Waals surface area (Å²) < 4.78 is 10.3. The highest BCUT2D eigenvalue weighted by Crippen LogP contribution is 2.19. The lowest BCUT2D eigenvalue weighted by molar-refractivity contribution is -0.139. The molecule has 1 rings (SSSR count). The maximum Gasteiger partial charge on any atom is 0.311 e. The van der Waals surface area contributed by atoms with Gasteiger partial charge >= 0.3 is 5.97 Å². The predicted octanol–water partition coefficient (Wildman–Crippen LogP) is 1.57. The van der Waals surface area contributed by atoms with Crippen molar-refractivity contribution in [1.29, 1.82) is 0 Å². The quantitative estimate of drug-likeness (QED) is 0.774. The number of ether oxygens (including phenoxy) is 2. The number of halogens is 1. The number of methoxy groups -OCH3 is 2. The second-order valence-corrected chi connectivity index (χ2v) is 3.39. The van der Waals surface area contributed by atoms with Gasteiger partial charge in [0.2, 0.25) is 5.88 Å². The Kier molecular flexibility index (Phi) is 3.88. The van der Waals surface area contributed by atoms with Crippen molar-refractivity contribution in [1.82, 2.24) is 4.98 Å². The Bertz CT molecular complexity index is 341. The van der Waals surface area contributed by atoms with Crippen LogP contribution in [0.25, 0.3) is 0 Å². The lowest BCUT2D eigenvalue weighted by atomic mass is 10.3. The first-order valence-corrected chi connectivity index (χ1v) is 4.73. The zero-order valence-corrected chi connectivity index (χ0v) is 9.50. The lowest BCUT2D eigenvalue weighted by Crippen LogP contribution is -2.07. The van der Waals surface area contributed by atoms with E-state index in [1.54, 1.807) is 12.1 Å². The summed E-state index contributed by atoms with van der Waals surface area (Å²) in [6.45, 7) is 0. The first-order chi connectivity index (χ1) is 6.67. The number of hydrogen-bond acceptors (Lipinski definition) is 4. The predicted molar refractivity (Wildman–Crippen MR) is 54.2 cm³/mol. The van der Waals surface area contributed by atoms with Gasteiger partial charge in [-0.15, -0.1) is 0 Å². The summed E-state index contributed by atoms with van der Waals surface area (Å²) in [7, 11) is 2.87. The van der Waals surface area contributed by atoms with E-state index in [4.69, 9.17) is 4.74 Å². The van der Waals surface area contributed by atoms with Gasteiger partial charge in [-0.2, -0.15) is 0 Å². The molecule has 0 spiro atoms. The third kappa shape index (κ3) is 2.70. The average molecular weight is 260 g/mol. The van der Waals surface area contributed by atoms with Crippen molar-refractivity contribution in [3.8, 4) is 5.88 Å². The minimum Gasteiger partial charge on any atom is -0.481 e. The summed E-state index contributed by atoms with van der Waals surface area (Å²) in [5.74, 6) is 0.151. The number of nitrogens with zero attached hydrogens (tertiary/aromatic N) is 1. The summed E-state index contributed by atoms with van der Waals surface area (Å²) in [4.78, 5) is 15.1. The topological polar surface area (TPSA) is 48.4 Å². The number of esters is 1. The molecule has 0 N–H and O–H groups in total. The number of carbonyl (C=O) groups excluding carboxylic acids is 1. The van der Waals surface area contributed by atoms with Crippen molar-refractivity contribution < 1.29 is 14.3 Å². The van der Waals surface area contributed by atoms with Crippen LogP contribution in [0.5, 0.6) is 5.88 Å². The van der Waals surface area contributed by atoms with Crippen molar-refractivity contribution in [3.05, 3.63) is 22.3 Å². The van der Waals surface area contributed by atoms with Crippen LogP contribution in [0.3, 0.4) is 0 Å². The van der Waals surface area contributed by atoms with Crippen LogP contribution in [0.4, 0.5) is 0 Å². The molecular formula is C9H10BrNO3. The highest BCUT2D eigenvalue weighted by Gasteiger charge is 2.09. The average Bonchev–Trinajstić information content (AvgIpc) is 2.21. The molecule has 1 aromatic rings. The van der Waals surface area contributed by atoms with Gasteiger partial charge in [0.05, 0.1) is 26.3 Å². The van der Waals surface area contributed by atoms with Crippen LogP contribution in [0.1, 0.15) is 5.69 Å². The molecule has 0 fully saturated rings. The second kappa shape index (κ2) is 4.95. The van der Waals surface area contributed by atoms with Crippen molar-refractivity contribution in [2.75, 3.05) is 14.2 Å². The standard InChI is InChI=1S/C9H10BrNO3/c1-13-8-4-3-6(10)7(11-8)5-9(12)14-2/h3-4H,5H2,1-2H3. The molecule has 0 unspecified atom stereocenters. The van der Waals surface area contributed by atoms with Crippen LogP contribution in [0, 0.1) is 0 Å². The number of aromatic nitrogens is 1. The van der Waals surface area contributed by atoms with Crippen LogP contribution in [0.15, 0.2) is 16.6 Å². The van der Waals surface area contributed by atoms with E-state index in [0.717, 1.165) is 4.47 Å². The maximum absolute atomic E-state index is 11.0. The Balaban J connectivity index is 2.89. The van der Waals surface area contributed by atoms with E-state index in [-0.39, 0.29) is 12.4 Å². The van der Waals surface area contributed by atoms with Gasteiger partial charge in [0.25, 0.3) is 0 Å². The largest absolute Gasteiger partial charge is 0.481 e. The molecule has 1 heterocycles. The van der Waals surface area contributed by atoms with Crippen LogP contribution in [-0.4, -0.2) is 25.2 Å². The molecule has 0 saturated carbocycles. The molecule has 1 aromatic heterocycles. The molecule has 0 amide bonds. The van der Waals surface area contributed by atoms with Gasteiger partial charge in [0, 0.05) is 10.5 Å². The molecule has 0 bridgehead atoms. The molecule has 5 heteroatoms. The summed E-state index contributed by atoms with van der Waals surface area (Å²) in [6, 6.07) is 3.50. The first kappa shape index (κ1) is 11.0. The third-order valence-electron chi connectivity index (χ3n) is 1.64. The third-order valence-corrected chi connectivity index (χ3v) is 2.36. The summed E-state index contributed by atoms with van der Waals surface area (Å²) >= 11 is 3.29. The Hall–Kier alpha value is -1.10. The van der Waals surface area contributed by atoms with Crippen molar-refractivity contribution >= 4 is 21.9 Å². The lowest BCUT2D eigenvalue weighted by Gasteiger charge is -2.04. The second-order valence-electron chi connectivity index (χ2n) is 2.54. The molecule has 0 aromatic carbocycles. The molecular weight excluding hydrogens is 250 g/mol. The molecule has 0 saturated heterocycles. The van der Waals surface area contributed by atoms with Gasteiger partial charge < -0.3 is 9.47 Å². The highest BCUT2D eigenvalue weighted by atomic mass is 79.9. The fourth-order valence-corrected chi connectivity index (χ4v) is 1.27. The number of rotatable bonds is 3. The molecule has 0 atom stereocenters. The fraction of sp³-hybridized carbons (Fsp3) is 0.333. The van der Waals surface area contributed by atoms with Gasteiger partial charge in [0.1, 0.15) is 0 Å². The zero-order valence-electron chi connectivity index (χ0n) is 7.91. The van der Waals surface area contributed by atoms with E-state index in [1.165, 1.54) is 14.2 Å². The Labute approximate surface area is 90.4 Å². The molecule has 76 valence electrons. The SMILES string of the molecule is COC(=O)Cc1nc(OC)ccc1Br. The Morgan fingerprint density at radius 2 is 2.21 bits per heavy atom. The van der Waals surface area contributed by atoms with Crippen LogP contribution >= 0.6 is 15.9 Å². The van der Waals surface area contributed by atoms with Crippen LogP contribution in [0.2, 0.25) is 0 Å². The van der Waals surface area contributed by atoms with E-state index in [1.807, 2.05) is 0 Å². The van der Waals surface area contributed by atoms with Crippen molar-refractivity contribution in [2.45, 2.75) is 6.42 Å². The first-order valence-electron chi connectivity index (χ1n) is 3.93. The Morgan fingerprint density at radius 3 is 2.79 bits per heavy atom. The Morgan fingerprint density at radius 1 is 1.50 bits per heavy atom. The number of pyridine rings is 1. The van der Waals surface area contributed by atoms with E-state index in [0.29, 0.717) is 11.6 Å². The summed E-state index contributed by atoms with van der Waals surface area (Å²) in [6.07, 6.45) is 0.133. The van der Waals surface area contributed by atoms with Crippen LogP contribution < -0.4 is 4.74 Å². The molecule has 4 nitrogen and oxygen atoms in total. The molecule has 0 radical (unpaired) electrons. The van der Waals surface area contributed by atoms with Crippen LogP contribution in [-0.2, 0) is 16.0 Å². The van der Waals surface area contributed by atoms with Gasteiger partial charge in [-0.05, 0) is 22.0 Å². The van der Waals surface area contributed by atoms with E-state index < -0.39 is 0 Å². The van der Waals surface area contributed by atoms with E-state index >= 15 is 0 Å². The maximum atomic E-state index is 11.0. The summed E-state index contributed by atoms with van der Waals surface area (Å²) in [5, 5.41) is 0. The van der Waals surface area contributed by atoms with Gasteiger partial charge in [-0.25, -0.2) is 4.98 Å². The normalized spacial score (nSPS) is 9.64. The molecule has 14 heavy (non-hydrogen) atoms. The van der Waals surface area contributed by atoms with Gasteiger partial charge in [-0.3, -0.25) is 4.79 Å². The molecule has 0 aliphatic rings. The van der Waals surface area contributed by atoms with E-state index in [9.17, 15) is 4.79 Å². The van der Waals surface area contributed by atoms with Crippen molar-refractivity contribution in [2.24, 2.45) is 0 Å². The highest BCUT2D eigenvalue weighted by molar-refractivity contribution is 9.10. The van der Waals surface area contributed by atoms with Crippen molar-refractivity contribution in [3.63, 3.8) is 0 Å². The molecule has 0 aliphatic heterocycles. The number of hydrogen-bond donors (Lipinski definition) is 0. The smallest absolute Gasteiger partial charge is 0.311 e. The molecule has 0 aliphatic carbocycles. The fourth-order valence-electron chi connectivity index (χ4n) is 0.911. The zero-order chi connectivity index (χ0) is 10.6. The van der Waals surface area contributed by atoms with E-state index in [2.05, 4.69) is 25.7 Å².